The summed E-state index contributed by atoms with van der Waals surface area (Å²) in [5.74, 6) is 2.49. The maximum Gasteiger partial charge on any atom is 0.161 e. The Hall–Kier alpha value is -1.22. The molecule has 1 aliphatic rings. The van der Waals surface area contributed by atoms with Gasteiger partial charge in [0.15, 0.2) is 11.5 Å². The Morgan fingerprint density at radius 3 is 2.48 bits per heavy atom. The number of nitrogens with two attached hydrogens (primary N) is 1. The van der Waals surface area contributed by atoms with Crippen LogP contribution in [0.2, 0.25) is 0 Å². The van der Waals surface area contributed by atoms with E-state index in [0.29, 0.717) is 6.61 Å². The summed E-state index contributed by atoms with van der Waals surface area (Å²) in [7, 11) is 1.67. The van der Waals surface area contributed by atoms with Crippen LogP contribution in [0.25, 0.3) is 0 Å². The molecule has 0 saturated heterocycles. The molecule has 1 aromatic rings. The van der Waals surface area contributed by atoms with Gasteiger partial charge in [0.1, 0.15) is 0 Å². The highest BCUT2D eigenvalue weighted by Crippen LogP contribution is 2.35. The quantitative estimate of drug-likeness (QED) is 0.820. The van der Waals surface area contributed by atoms with Crippen LogP contribution in [0, 0.1) is 5.92 Å². The fourth-order valence-corrected chi connectivity index (χ4v) is 3.30. The Morgan fingerprint density at radius 2 is 1.86 bits per heavy atom. The molecule has 3 heteroatoms. The lowest BCUT2D eigenvalue weighted by molar-refractivity contribution is 0.178. The Kier molecular flexibility index (Phi) is 5.92. The van der Waals surface area contributed by atoms with E-state index in [2.05, 4.69) is 6.92 Å². The zero-order chi connectivity index (χ0) is 15.1. The first kappa shape index (κ1) is 16.2. The van der Waals surface area contributed by atoms with Gasteiger partial charge in [-0.05, 0) is 50.2 Å². The maximum absolute atomic E-state index is 6.54. The minimum Gasteiger partial charge on any atom is -0.493 e. The topological polar surface area (TPSA) is 44.5 Å². The average molecular weight is 291 g/mol. The number of ether oxygens (including phenoxy) is 2. The van der Waals surface area contributed by atoms with E-state index >= 15 is 0 Å². The van der Waals surface area contributed by atoms with Crippen LogP contribution in [-0.4, -0.2) is 19.3 Å². The van der Waals surface area contributed by atoms with Gasteiger partial charge in [-0.2, -0.15) is 0 Å². The van der Waals surface area contributed by atoms with Gasteiger partial charge in [-0.15, -0.1) is 0 Å². The first-order chi connectivity index (χ1) is 10.2. The Labute approximate surface area is 128 Å². The lowest BCUT2D eigenvalue weighted by Gasteiger charge is -2.37. The van der Waals surface area contributed by atoms with Crippen molar-refractivity contribution in [3.05, 3.63) is 24.3 Å². The highest BCUT2D eigenvalue weighted by Gasteiger charge is 2.31. The van der Waals surface area contributed by atoms with Crippen LogP contribution < -0.4 is 15.2 Å². The minimum absolute atomic E-state index is 0.0355. The van der Waals surface area contributed by atoms with Crippen molar-refractivity contribution in [1.29, 1.82) is 0 Å². The molecule has 0 spiro atoms. The fraction of sp³-hybridized carbons (Fsp3) is 0.667. The SMILES string of the molecule is CCCC1CCC(N)(CCOc2ccccc2OC)CC1. The van der Waals surface area contributed by atoms with Crippen molar-refractivity contribution in [3.63, 3.8) is 0 Å². The van der Waals surface area contributed by atoms with Crippen molar-refractivity contribution in [3.8, 4) is 11.5 Å². The molecule has 2 N–H and O–H groups in total. The van der Waals surface area contributed by atoms with E-state index in [1.807, 2.05) is 24.3 Å². The summed E-state index contributed by atoms with van der Waals surface area (Å²) < 4.78 is 11.2. The molecule has 1 aromatic carbocycles. The molecule has 0 radical (unpaired) electrons. The number of hydrogen-bond donors (Lipinski definition) is 1. The molecule has 0 atom stereocenters. The Morgan fingerprint density at radius 1 is 1.19 bits per heavy atom. The van der Waals surface area contributed by atoms with E-state index in [9.17, 15) is 0 Å². The molecule has 3 nitrogen and oxygen atoms in total. The Balaban J connectivity index is 1.78. The van der Waals surface area contributed by atoms with Crippen LogP contribution in [0.15, 0.2) is 24.3 Å². The summed E-state index contributed by atoms with van der Waals surface area (Å²) in [6, 6.07) is 7.78. The third kappa shape index (κ3) is 4.63. The first-order valence-electron chi connectivity index (χ1n) is 8.21. The van der Waals surface area contributed by atoms with Gasteiger partial charge in [0.2, 0.25) is 0 Å². The summed E-state index contributed by atoms with van der Waals surface area (Å²) in [5.41, 5.74) is 6.51. The molecule has 118 valence electrons. The average Bonchev–Trinajstić information content (AvgIpc) is 2.50. The van der Waals surface area contributed by atoms with Crippen LogP contribution in [0.1, 0.15) is 51.9 Å². The van der Waals surface area contributed by atoms with E-state index in [1.165, 1.54) is 25.7 Å². The Bertz CT molecular complexity index is 425. The minimum atomic E-state index is -0.0355. The van der Waals surface area contributed by atoms with Gasteiger partial charge in [-0.25, -0.2) is 0 Å². The highest BCUT2D eigenvalue weighted by molar-refractivity contribution is 5.39. The molecule has 21 heavy (non-hydrogen) atoms. The molecule has 0 aliphatic heterocycles. The summed E-state index contributed by atoms with van der Waals surface area (Å²) in [6.07, 6.45) is 8.38. The van der Waals surface area contributed by atoms with Gasteiger partial charge in [0.05, 0.1) is 13.7 Å². The van der Waals surface area contributed by atoms with Crippen molar-refractivity contribution in [1.82, 2.24) is 0 Å². The number of methoxy groups -OCH3 is 1. The third-order valence-corrected chi connectivity index (χ3v) is 4.72. The van der Waals surface area contributed by atoms with Crippen molar-refractivity contribution >= 4 is 0 Å². The van der Waals surface area contributed by atoms with E-state index in [4.69, 9.17) is 15.2 Å². The predicted octanol–water partition coefficient (Wildman–Crippen LogP) is 4.15. The summed E-state index contributed by atoms with van der Waals surface area (Å²) in [5, 5.41) is 0. The molecular formula is C18H29NO2. The highest BCUT2D eigenvalue weighted by atomic mass is 16.5. The molecule has 0 amide bonds. The van der Waals surface area contributed by atoms with Crippen LogP contribution >= 0.6 is 0 Å². The standard InChI is InChI=1S/C18H29NO2/c1-3-6-15-9-11-18(19,12-10-15)13-14-21-17-8-5-4-7-16(17)20-2/h4-5,7-8,15H,3,6,9-14,19H2,1-2H3. The van der Waals surface area contributed by atoms with Crippen LogP contribution in [0.3, 0.4) is 0 Å². The number of benzene rings is 1. The predicted molar refractivity (Wildman–Crippen MR) is 86.9 cm³/mol. The third-order valence-electron chi connectivity index (χ3n) is 4.72. The van der Waals surface area contributed by atoms with Crippen LogP contribution in [0.4, 0.5) is 0 Å². The molecule has 1 saturated carbocycles. The lowest BCUT2D eigenvalue weighted by atomic mass is 9.74. The van der Waals surface area contributed by atoms with E-state index in [-0.39, 0.29) is 5.54 Å². The second-order valence-electron chi connectivity index (χ2n) is 6.34. The van der Waals surface area contributed by atoms with Crippen molar-refractivity contribution in [2.45, 2.75) is 57.4 Å². The molecule has 0 unspecified atom stereocenters. The lowest BCUT2D eigenvalue weighted by Crippen LogP contribution is -2.44. The second kappa shape index (κ2) is 7.69. The second-order valence-corrected chi connectivity index (χ2v) is 6.34. The monoisotopic (exact) mass is 291 g/mol. The summed E-state index contributed by atoms with van der Waals surface area (Å²) in [4.78, 5) is 0. The van der Waals surface area contributed by atoms with Gasteiger partial charge in [-0.1, -0.05) is 31.9 Å². The molecule has 1 aliphatic carbocycles. The van der Waals surface area contributed by atoms with Gasteiger partial charge >= 0.3 is 0 Å². The van der Waals surface area contributed by atoms with Crippen molar-refractivity contribution in [2.24, 2.45) is 11.7 Å². The van der Waals surface area contributed by atoms with Gasteiger partial charge < -0.3 is 15.2 Å². The number of hydrogen-bond acceptors (Lipinski definition) is 3. The largest absolute Gasteiger partial charge is 0.493 e. The zero-order valence-electron chi connectivity index (χ0n) is 13.4. The smallest absolute Gasteiger partial charge is 0.161 e. The van der Waals surface area contributed by atoms with Crippen molar-refractivity contribution in [2.75, 3.05) is 13.7 Å². The van der Waals surface area contributed by atoms with E-state index in [1.54, 1.807) is 7.11 Å². The fourth-order valence-electron chi connectivity index (χ4n) is 3.30. The molecule has 1 fully saturated rings. The number of para-hydroxylation sites is 2. The summed E-state index contributed by atoms with van der Waals surface area (Å²) >= 11 is 0. The van der Waals surface area contributed by atoms with Crippen LogP contribution in [0.5, 0.6) is 11.5 Å². The van der Waals surface area contributed by atoms with E-state index in [0.717, 1.165) is 36.7 Å². The molecule has 2 rings (SSSR count). The van der Waals surface area contributed by atoms with Gasteiger partial charge in [0.25, 0.3) is 0 Å². The molecule has 0 bridgehead atoms. The first-order valence-corrected chi connectivity index (χ1v) is 8.21. The molecule has 0 aromatic heterocycles. The number of rotatable bonds is 7. The van der Waals surface area contributed by atoms with Crippen LogP contribution in [-0.2, 0) is 0 Å². The van der Waals surface area contributed by atoms with E-state index < -0.39 is 0 Å². The molecule has 0 heterocycles. The summed E-state index contributed by atoms with van der Waals surface area (Å²) in [6.45, 7) is 2.93. The zero-order valence-corrected chi connectivity index (χ0v) is 13.4. The maximum atomic E-state index is 6.54. The van der Waals surface area contributed by atoms with Crippen molar-refractivity contribution < 1.29 is 9.47 Å². The van der Waals surface area contributed by atoms with Gasteiger partial charge in [0, 0.05) is 5.54 Å². The molecular weight excluding hydrogens is 262 g/mol. The van der Waals surface area contributed by atoms with Gasteiger partial charge in [-0.3, -0.25) is 0 Å². The normalized spacial score (nSPS) is 25.6.